The van der Waals surface area contributed by atoms with Gasteiger partial charge in [-0.1, -0.05) is 239 Å². The second-order valence-corrected chi connectivity index (χ2v) is 17.2. The number of nitrogens with one attached hydrogen (secondary N) is 1. The summed E-state index contributed by atoms with van der Waals surface area (Å²) >= 11 is 0. The molecule has 0 aromatic heterocycles. The third-order valence-electron chi connectivity index (χ3n) is 11.7. The van der Waals surface area contributed by atoms with Crippen molar-refractivity contribution < 1.29 is 24.5 Å². The molecule has 0 fully saturated rings. The smallest absolute Gasteiger partial charge is 0.306 e. The maximum absolute atomic E-state index is 13.1. The summed E-state index contributed by atoms with van der Waals surface area (Å²) < 4.78 is 5.90. The number of unbranched alkanes of at least 4 members (excludes halogenated alkanes) is 33. The highest BCUT2D eigenvalue weighted by Crippen LogP contribution is 2.18. The van der Waals surface area contributed by atoms with Crippen molar-refractivity contribution in [3.8, 4) is 0 Å². The van der Waals surface area contributed by atoms with Crippen LogP contribution in [0.25, 0.3) is 0 Å². The minimum absolute atomic E-state index is 0.0870. The fourth-order valence-electron chi connectivity index (χ4n) is 7.90. The minimum atomic E-state index is -0.778. The molecule has 3 N–H and O–H groups in total. The Morgan fingerprint density at radius 2 is 0.764 bits per heavy atom. The SMILES string of the molecule is CCCCCCCCCCCCCCCCCC(O)C(CO)NC(=O)CC(CCCCCCCCCCCCCC)OC(=O)CCCCCCCCCCC. The van der Waals surface area contributed by atoms with Crippen LogP contribution in [0.3, 0.4) is 0 Å². The van der Waals surface area contributed by atoms with E-state index >= 15 is 0 Å². The number of hydrogen-bond acceptors (Lipinski definition) is 5. The van der Waals surface area contributed by atoms with E-state index in [1.807, 2.05) is 0 Å². The van der Waals surface area contributed by atoms with Crippen LogP contribution < -0.4 is 5.32 Å². The molecule has 0 aliphatic rings. The molecule has 6 nitrogen and oxygen atoms in total. The van der Waals surface area contributed by atoms with E-state index in [1.165, 1.54) is 186 Å². The van der Waals surface area contributed by atoms with Gasteiger partial charge >= 0.3 is 5.97 Å². The average Bonchev–Trinajstić information content (AvgIpc) is 3.18. The van der Waals surface area contributed by atoms with Gasteiger partial charge in [0, 0.05) is 6.42 Å². The topological polar surface area (TPSA) is 95.9 Å². The molecule has 328 valence electrons. The van der Waals surface area contributed by atoms with Gasteiger partial charge in [0.25, 0.3) is 0 Å². The summed E-state index contributed by atoms with van der Waals surface area (Å²) in [6.07, 6.45) is 45.9. The summed E-state index contributed by atoms with van der Waals surface area (Å²) in [5, 5.41) is 23.7. The Kier molecular flexibility index (Phi) is 43.1. The van der Waals surface area contributed by atoms with E-state index in [4.69, 9.17) is 4.74 Å². The van der Waals surface area contributed by atoms with Crippen LogP contribution in [0.1, 0.15) is 278 Å². The van der Waals surface area contributed by atoms with E-state index in [9.17, 15) is 19.8 Å². The molecular weight excluding hydrogens is 683 g/mol. The van der Waals surface area contributed by atoms with Gasteiger partial charge in [0.15, 0.2) is 0 Å². The zero-order chi connectivity index (χ0) is 40.3. The van der Waals surface area contributed by atoms with Gasteiger partial charge in [-0.15, -0.1) is 0 Å². The Hall–Kier alpha value is -1.14. The van der Waals surface area contributed by atoms with Gasteiger partial charge in [0.05, 0.1) is 25.2 Å². The molecule has 0 bridgehead atoms. The first-order valence-corrected chi connectivity index (χ1v) is 24.8. The number of hydrogen-bond donors (Lipinski definition) is 3. The highest BCUT2D eigenvalue weighted by Gasteiger charge is 2.24. The molecule has 0 saturated carbocycles. The lowest BCUT2D eigenvalue weighted by Gasteiger charge is -2.24. The molecule has 0 spiro atoms. The number of ether oxygens (including phenoxy) is 1. The van der Waals surface area contributed by atoms with Gasteiger partial charge in [0.1, 0.15) is 6.10 Å². The maximum atomic E-state index is 13.1. The van der Waals surface area contributed by atoms with Crippen LogP contribution in [0.15, 0.2) is 0 Å². The molecule has 3 unspecified atom stereocenters. The zero-order valence-corrected chi connectivity index (χ0v) is 37.3. The summed E-state index contributed by atoms with van der Waals surface area (Å²) in [4.78, 5) is 26.0. The van der Waals surface area contributed by atoms with Crippen molar-refractivity contribution >= 4 is 11.9 Å². The van der Waals surface area contributed by atoms with Crippen molar-refractivity contribution in [2.75, 3.05) is 6.61 Å². The first-order chi connectivity index (χ1) is 27.0. The van der Waals surface area contributed by atoms with Crippen LogP contribution in [-0.2, 0) is 14.3 Å². The van der Waals surface area contributed by atoms with Gasteiger partial charge in [-0.3, -0.25) is 9.59 Å². The molecule has 6 heteroatoms. The highest BCUT2D eigenvalue weighted by molar-refractivity contribution is 5.77. The van der Waals surface area contributed by atoms with E-state index in [0.29, 0.717) is 19.3 Å². The van der Waals surface area contributed by atoms with Gasteiger partial charge in [-0.05, 0) is 25.7 Å². The Bertz CT molecular complexity index is 791. The predicted octanol–water partition coefficient (Wildman–Crippen LogP) is 14.4. The number of carbonyl (C=O) groups excluding carboxylic acids is 2. The molecule has 0 aliphatic carbocycles. The third kappa shape index (κ3) is 39.5. The molecule has 3 atom stereocenters. The van der Waals surface area contributed by atoms with Crippen LogP contribution in [-0.4, -0.2) is 46.9 Å². The summed E-state index contributed by atoms with van der Waals surface area (Å²) in [5.74, 6) is -0.457. The molecule has 1 amide bonds. The minimum Gasteiger partial charge on any atom is -0.462 e. The van der Waals surface area contributed by atoms with E-state index in [2.05, 4.69) is 26.1 Å². The van der Waals surface area contributed by atoms with Crippen LogP contribution in [0.5, 0.6) is 0 Å². The number of rotatable bonds is 45. The second kappa shape index (κ2) is 44.0. The van der Waals surface area contributed by atoms with Crippen LogP contribution in [0.4, 0.5) is 0 Å². The van der Waals surface area contributed by atoms with Gasteiger partial charge in [-0.2, -0.15) is 0 Å². The Balaban J connectivity index is 4.45. The molecule has 0 aromatic carbocycles. The quantitative estimate of drug-likeness (QED) is 0.0422. The maximum Gasteiger partial charge on any atom is 0.306 e. The number of esters is 1. The standard InChI is InChI=1S/C49H97NO5/c1-4-7-10-13-16-19-21-23-24-25-27-30-32-35-38-41-47(52)46(44-51)50-48(53)43-45(40-37-34-31-29-26-22-20-17-14-11-8-5-2)55-49(54)42-39-36-33-28-18-15-12-9-6-3/h45-47,51-52H,4-44H2,1-3H3,(H,50,53). The predicted molar refractivity (Wildman–Crippen MR) is 237 cm³/mol. The average molecular weight is 780 g/mol. The summed E-state index contributed by atoms with van der Waals surface area (Å²) in [6.45, 7) is 6.48. The van der Waals surface area contributed by atoms with Crippen molar-refractivity contribution in [2.45, 2.75) is 296 Å². The van der Waals surface area contributed by atoms with Crippen LogP contribution >= 0.6 is 0 Å². The van der Waals surface area contributed by atoms with E-state index in [1.54, 1.807) is 0 Å². The Labute approximate surface area is 343 Å². The molecule has 0 rings (SSSR count). The van der Waals surface area contributed by atoms with Crippen molar-refractivity contribution in [3.63, 3.8) is 0 Å². The van der Waals surface area contributed by atoms with Crippen molar-refractivity contribution in [1.82, 2.24) is 5.32 Å². The van der Waals surface area contributed by atoms with E-state index in [-0.39, 0.29) is 24.9 Å². The number of carbonyl (C=O) groups is 2. The number of aliphatic hydroxyl groups is 2. The lowest BCUT2D eigenvalue weighted by atomic mass is 10.0. The van der Waals surface area contributed by atoms with Crippen molar-refractivity contribution in [2.24, 2.45) is 0 Å². The van der Waals surface area contributed by atoms with E-state index in [0.717, 1.165) is 44.9 Å². The molecule has 55 heavy (non-hydrogen) atoms. The van der Waals surface area contributed by atoms with Crippen molar-refractivity contribution in [1.29, 1.82) is 0 Å². The van der Waals surface area contributed by atoms with Crippen LogP contribution in [0.2, 0.25) is 0 Å². The van der Waals surface area contributed by atoms with Gasteiger partial charge in [-0.25, -0.2) is 0 Å². The largest absolute Gasteiger partial charge is 0.462 e. The zero-order valence-electron chi connectivity index (χ0n) is 37.3. The third-order valence-corrected chi connectivity index (χ3v) is 11.7. The number of amides is 1. The number of aliphatic hydroxyl groups excluding tert-OH is 2. The molecule has 0 heterocycles. The second-order valence-electron chi connectivity index (χ2n) is 17.2. The molecular formula is C49H97NO5. The molecule has 0 aliphatic heterocycles. The molecule has 0 aromatic rings. The summed E-state index contributed by atoms with van der Waals surface area (Å²) in [7, 11) is 0. The van der Waals surface area contributed by atoms with Gasteiger partial charge < -0.3 is 20.3 Å². The lowest BCUT2D eigenvalue weighted by Crippen LogP contribution is -2.46. The summed E-state index contributed by atoms with van der Waals surface area (Å²) in [5.41, 5.74) is 0. The Morgan fingerprint density at radius 3 is 1.11 bits per heavy atom. The first kappa shape index (κ1) is 53.9. The van der Waals surface area contributed by atoms with Gasteiger partial charge in [0.2, 0.25) is 5.91 Å². The lowest BCUT2D eigenvalue weighted by molar-refractivity contribution is -0.151. The fourth-order valence-corrected chi connectivity index (χ4v) is 7.90. The molecule has 0 radical (unpaired) electrons. The molecule has 0 saturated heterocycles. The van der Waals surface area contributed by atoms with Crippen LogP contribution in [0, 0.1) is 0 Å². The van der Waals surface area contributed by atoms with E-state index < -0.39 is 18.2 Å². The normalized spacial score (nSPS) is 13.2. The summed E-state index contributed by atoms with van der Waals surface area (Å²) in [6, 6.07) is -0.691. The monoisotopic (exact) mass is 780 g/mol. The fraction of sp³-hybridized carbons (Fsp3) is 0.959. The first-order valence-electron chi connectivity index (χ1n) is 24.8. The Morgan fingerprint density at radius 1 is 0.455 bits per heavy atom. The highest BCUT2D eigenvalue weighted by atomic mass is 16.5. The van der Waals surface area contributed by atoms with Crippen molar-refractivity contribution in [3.05, 3.63) is 0 Å².